The Morgan fingerprint density at radius 1 is 1.35 bits per heavy atom. The van der Waals surface area contributed by atoms with Gasteiger partial charge in [-0.05, 0) is 39.3 Å². The Balaban J connectivity index is 1.65. The number of para-hydroxylation sites is 1. The fourth-order valence-corrected chi connectivity index (χ4v) is 4.73. The molecule has 0 radical (unpaired) electrons. The number of benzene rings is 1. The van der Waals surface area contributed by atoms with Gasteiger partial charge in [0.1, 0.15) is 23.8 Å². The minimum Gasteiger partial charge on any atom is -0.462 e. The molecule has 5 unspecified atom stereocenters. The molecule has 1 aromatic heterocycles. The third-order valence-electron chi connectivity index (χ3n) is 4.98. The van der Waals surface area contributed by atoms with Gasteiger partial charge in [0.2, 0.25) is 0 Å². The lowest BCUT2D eigenvalue weighted by Crippen LogP contribution is -2.35. The number of esters is 1. The summed E-state index contributed by atoms with van der Waals surface area (Å²) >= 11 is 6.05. The van der Waals surface area contributed by atoms with Gasteiger partial charge in [-0.1, -0.05) is 36.7 Å². The van der Waals surface area contributed by atoms with E-state index in [1.54, 1.807) is 32.9 Å². The molecule has 0 bridgehead atoms. The molecular weight excluding hydrogens is 483 g/mol. The minimum absolute atomic E-state index is 0.00182. The maximum atomic E-state index is 12.3. The van der Waals surface area contributed by atoms with Gasteiger partial charge >= 0.3 is 20.2 Å². The van der Waals surface area contributed by atoms with Crippen molar-refractivity contribution >= 4 is 31.9 Å². The lowest BCUT2D eigenvalue weighted by Gasteiger charge is -2.23. The van der Waals surface area contributed by atoms with Crippen LogP contribution in [0.2, 0.25) is 5.02 Å². The summed E-state index contributed by atoms with van der Waals surface area (Å²) in [5.41, 5.74) is 5.08. The van der Waals surface area contributed by atoms with Crippen molar-refractivity contribution in [3.8, 4) is 5.75 Å². The molecule has 0 amide bonds. The van der Waals surface area contributed by atoms with Crippen molar-refractivity contribution in [1.29, 1.82) is 0 Å². The van der Waals surface area contributed by atoms with Crippen LogP contribution in [0.25, 0.3) is 0 Å². The molecule has 0 saturated carbocycles. The highest BCUT2D eigenvalue weighted by atomic mass is 35.5. The molecule has 1 aromatic carbocycles. The highest BCUT2D eigenvalue weighted by Crippen LogP contribution is 2.39. The zero-order valence-electron chi connectivity index (χ0n) is 19.5. The number of nitrogens with two attached hydrogens (primary N) is 1. The summed E-state index contributed by atoms with van der Waals surface area (Å²) in [6, 6.07) is 8.51. The van der Waals surface area contributed by atoms with E-state index in [0.717, 1.165) is 0 Å². The highest BCUT2D eigenvalue weighted by molar-refractivity contribution is 7.45. The molecular formula is C22H30ClN4O6P. The Labute approximate surface area is 204 Å². The monoisotopic (exact) mass is 512 g/mol. The van der Waals surface area contributed by atoms with E-state index in [2.05, 4.69) is 10.1 Å². The SMILES string of the molecule is CC(C)OC(=O)C(C)NP(OCC1CC(C)C(n2cc(Cl)c(N)nc2=O)O1)Oc1ccccc1. The summed E-state index contributed by atoms with van der Waals surface area (Å²) in [6.07, 6.45) is 0.974. The average molecular weight is 513 g/mol. The predicted molar refractivity (Wildman–Crippen MR) is 129 cm³/mol. The van der Waals surface area contributed by atoms with E-state index in [1.807, 2.05) is 25.1 Å². The number of anilines is 1. The molecule has 1 fully saturated rings. The maximum absolute atomic E-state index is 12.3. The van der Waals surface area contributed by atoms with E-state index in [-0.39, 0.29) is 35.6 Å². The summed E-state index contributed by atoms with van der Waals surface area (Å²) in [6.45, 7) is 7.41. The van der Waals surface area contributed by atoms with Gasteiger partial charge in [0, 0.05) is 12.1 Å². The zero-order valence-corrected chi connectivity index (χ0v) is 21.2. The molecule has 3 N–H and O–H groups in total. The van der Waals surface area contributed by atoms with Gasteiger partial charge in [0.15, 0.2) is 0 Å². The second-order valence-corrected chi connectivity index (χ2v) is 9.94. The molecule has 5 atom stereocenters. The van der Waals surface area contributed by atoms with E-state index < -0.39 is 32.5 Å². The third-order valence-corrected chi connectivity index (χ3v) is 6.62. The zero-order chi connectivity index (χ0) is 24.8. The number of ether oxygens (including phenoxy) is 2. The van der Waals surface area contributed by atoms with Crippen LogP contribution in [0.5, 0.6) is 5.75 Å². The number of nitrogen functional groups attached to an aromatic ring is 1. The van der Waals surface area contributed by atoms with Crippen molar-refractivity contribution < 1.29 is 23.3 Å². The second kappa shape index (κ2) is 12.0. The van der Waals surface area contributed by atoms with Crippen LogP contribution >= 0.6 is 20.1 Å². The number of nitrogens with zero attached hydrogens (tertiary/aromatic N) is 2. The molecule has 34 heavy (non-hydrogen) atoms. The van der Waals surface area contributed by atoms with E-state index >= 15 is 0 Å². The lowest BCUT2D eigenvalue weighted by molar-refractivity contribution is -0.149. The molecule has 12 heteroatoms. The van der Waals surface area contributed by atoms with E-state index in [4.69, 9.17) is 35.9 Å². The Morgan fingerprint density at radius 3 is 2.74 bits per heavy atom. The number of hydrogen-bond acceptors (Lipinski definition) is 9. The molecule has 2 heterocycles. The molecule has 3 rings (SSSR count). The molecule has 1 aliphatic heterocycles. The van der Waals surface area contributed by atoms with Gasteiger partial charge in [0.25, 0.3) is 0 Å². The molecule has 1 saturated heterocycles. The number of hydrogen-bond donors (Lipinski definition) is 2. The Hall–Kier alpha value is -2.23. The van der Waals surface area contributed by atoms with Gasteiger partial charge in [-0.25, -0.2) is 9.88 Å². The lowest BCUT2D eigenvalue weighted by atomic mass is 10.1. The summed E-state index contributed by atoms with van der Waals surface area (Å²) in [5.74, 6) is 0.175. The van der Waals surface area contributed by atoms with E-state index in [1.165, 1.54) is 10.8 Å². The minimum atomic E-state index is -1.70. The van der Waals surface area contributed by atoms with Crippen LogP contribution in [0.1, 0.15) is 40.3 Å². The Morgan fingerprint density at radius 2 is 2.06 bits per heavy atom. The van der Waals surface area contributed by atoms with Crippen molar-refractivity contribution in [1.82, 2.24) is 14.6 Å². The summed E-state index contributed by atoms with van der Waals surface area (Å²) in [5, 5.41) is 3.25. The number of nitrogens with one attached hydrogen (secondary N) is 1. The highest BCUT2D eigenvalue weighted by Gasteiger charge is 2.35. The van der Waals surface area contributed by atoms with Gasteiger partial charge in [-0.2, -0.15) is 4.98 Å². The number of halogens is 1. The van der Waals surface area contributed by atoms with Crippen molar-refractivity contribution in [2.45, 2.75) is 58.6 Å². The molecule has 0 aliphatic carbocycles. The van der Waals surface area contributed by atoms with Crippen LogP contribution < -0.4 is 21.0 Å². The first kappa shape index (κ1) is 26.4. The van der Waals surface area contributed by atoms with Crippen molar-refractivity contribution in [3.63, 3.8) is 0 Å². The largest absolute Gasteiger partial charge is 0.462 e. The first-order valence-corrected chi connectivity index (χ1v) is 12.5. The van der Waals surface area contributed by atoms with Crippen LogP contribution in [0.3, 0.4) is 0 Å². The molecule has 1 aliphatic rings. The van der Waals surface area contributed by atoms with Crippen molar-refractivity contribution in [3.05, 3.63) is 52.0 Å². The van der Waals surface area contributed by atoms with Crippen LogP contribution in [0, 0.1) is 5.92 Å². The Bertz CT molecular complexity index is 1020. The first-order valence-electron chi connectivity index (χ1n) is 11.0. The normalized spacial score (nSPS) is 21.9. The molecule has 2 aromatic rings. The summed E-state index contributed by atoms with van der Waals surface area (Å²) in [4.78, 5) is 28.3. The molecule has 186 valence electrons. The van der Waals surface area contributed by atoms with Crippen LogP contribution in [0.15, 0.2) is 41.3 Å². The van der Waals surface area contributed by atoms with Crippen LogP contribution in [0.4, 0.5) is 5.82 Å². The van der Waals surface area contributed by atoms with Crippen LogP contribution in [-0.2, 0) is 18.8 Å². The first-order chi connectivity index (χ1) is 16.1. The number of carbonyl (C=O) groups is 1. The maximum Gasteiger partial charge on any atom is 0.351 e. The average Bonchev–Trinajstić information content (AvgIpc) is 3.15. The van der Waals surface area contributed by atoms with Crippen molar-refractivity contribution in [2.75, 3.05) is 12.3 Å². The number of carbonyl (C=O) groups excluding carboxylic acids is 1. The number of aromatic nitrogens is 2. The second-order valence-electron chi connectivity index (χ2n) is 8.32. The Kier molecular flexibility index (Phi) is 9.27. The smallest absolute Gasteiger partial charge is 0.351 e. The van der Waals surface area contributed by atoms with E-state index in [9.17, 15) is 9.59 Å². The molecule has 10 nitrogen and oxygen atoms in total. The standard InChI is InChI=1S/C22H30ClN4O6P/c1-13(2)31-21(28)15(4)26-34(33-16-8-6-5-7-9-16)30-12-17-10-14(3)20(32-17)27-11-18(23)19(24)25-22(27)29/h5-9,11,13-15,17,20,26H,10,12H2,1-4H3,(H2,24,25,29). The summed E-state index contributed by atoms with van der Waals surface area (Å²) < 4.78 is 24.6. The fourth-order valence-electron chi connectivity index (χ4n) is 3.37. The van der Waals surface area contributed by atoms with Gasteiger partial charge in [0.05, 0.1) is 23.8 Å². The third kappa shape index (κ3) is 7.13. The van der Waals surface area contributed by atoms with Crippen molar-refractivity contribution in [2.24, 2.45) is 5.92 Å². The van der Waals surface area contributed by atoms with Gasteiger partial charge in [-0.3, -0.25) is 9.36 Å². The quantitative estimate of drug-likeness (QED) is 0.362. The molecule has 0 spiro atoms. The van der Waals surface area contributed by atoms with E-state index in [0.29, 0.717) is 12.2 Å². The predicted octanol–water partition coefficient (Wildman–Crippen LogP) is 3.65. The summed E-state index contributed by atoms with van der Waals surface area (Å²) in [7, 11) is -1.70. The van der Waals surface area contributed by atoms with Gasteiger partial charge in [-0.15, -0.1) is 0 Å². The fraction of sp³-hybridized carbons (Fsp3) is 0.500. The van der Waals surface area contributed by atoms with Crippen LogP contribution in [-0.4, -0.2) is 40.4 Å². The van der Waals surface area contributed by atoms with Gasteiger partial charge < -0.3 is 24.3 Å². The number of rotatable bonds is 10. The topological polar surface area (TPSA) is 127 Å².